The Balaban J connectivity index is 2.35. The Morgan fingerprint density at radius 2 is 2.07 bits per heavy atom. The molecule has 0 saturated carbocycles. The molecule has 0 aliphatic heterocycles. The molecule has 2 aromatic heterocycles. The van der Waals surface area contributed by atoms with Crippen LogP contribution in [0.4, 0.5) is 0 Å². The molecular formula is C10H13N3O. The van der Waals surface area contributed by atoms with E-state index in [9.17, 15) is 0 Å². The van der Waals surface area contributed by atoms with Gasteiger partial charge in [-0.2, -0.15) is 4.98 Å². The minimum Gasteiger partial charge on any atom is -0.424 e. The van der Waals surface area contributed by atoms with Crippen LogP contribution in [0.15, 0.2) is 17.0 Å². The number of nitrogens with zero attached hydrogens (tertiary/aromatic N) is 3. The summed E-state index contributed by atoms with van der Waals surface area (Å²) in [5.74, 6) is 0. The van der Waals surface area contributed by atoms with Crippen LogP contribution in [0.5, 0.6) is 0 Å². The third-order valence-corrected chi connectivity index (χ3v) is 1.82. The summed E-state index contributed by atoms with van der Waals surface area (Å²) in [7, 11) is 0. The standard InChI is InChI=1S/C10H13N3O/c1-10(2,3)4-7-5-11-9-8(13-7)12-6-14-9/h5-6H,4H2,1-3H3. The van der Waals surface area contributed by atoms with Crippen LogP contribution in [-0.4, -0.2) is 15.0 Å². The van der Waals surface area contributed by atoms with Gasteiger partial charge in [0.15, 0.2) is 6.39 Å². The zero-order valence-electron chi connectivity index (χ0n) is 8.61. The lowest BCUT2D eigenvalue weighted by atomic mass is 9.91. The first kappa shape index (κ1) is 9.12. The van der Waals surface area contributed by atoms with Crippen molar-refractivity contribution >= 4 is 11.4 Å². The lowest BCUT2D eigenvalue weighted by molar-refractivity contribution is 0.406. The first-order valence-corrected chi connectivity index (χ1v) is 4.60. The van der Waals surface area contributed by atoms with Crippen molar-refractivity contribution in [3.8, 4) is 0 Å². The molecule has 4 nitrogen and oxygen atoms in total. The number of oxazole rings is 1. The molecule has 2 heterocycles. The second-order valence-electron chi connectivity index (χ2n) is 4.58. The van der Waals surface area contributed by atoms with Gasteiger partial charge in [-0.25, -0.2) is 9.97 Å². The fraction of sp³-hybridized carbons (Fsp3) is 0.500. The monoisotopic (exact) mass is 191 g/mol. The summed E-state index contributed by atoms with van der Waals surface area (Å²) < 4.78 is 5.02. The molecule has 0 bridgehead atoms. The Kier molecular flexibility index (Phi) is 1.98. The lowest BCUT2D eigenvalue weighted by Crippen LogP contribution is -2.10. The van der Waals surface area contributed by atoms with E-state index in [1.54, 1.807) is 6.20 Å². The van der Waals surface area contributed by atoms with Crippen molar-refractivity contribution in [2.45, 2.75) is 27.2 Å². The van der Waals surface area contributed by atoms with Crippen LogP contribution in [0.3, 0.4) is 0 Å². The number of rotatable bonds is 1. The van der Waals surface area contributed by atoms with Gasteiger partial charge >= 0.3 is 0 Å². The predicted molar refractivity (Wildman–Crippen MR) is 52.8 cm³/mol. The molecule has 0 spiro atoms. The maximum atomic E-state index is 5.02. The van der Waals surface area contributed by atoms with Crippen LogP contribution in [0.2, 0.25) is 0 Å². The smallest absolute Gasteiger partial charge is 0.266 e. The highest BCUT2D eigenvalue weighted by atomic mass is 16.3. The Bertz CT molecular complexity index is 442. The molecule has 4 heteroatoms. The van der Waals surface area contributed by atoms with Gasteiger partial charge in [0.2, 0.25) is 5.65 Å². The van der Waals surface area contributed by atoms with Crippen molar-refractivity contribution in [3.63, 3.8) is 0 Å². The van der Waals surface area contributed by atoms with E-state index in [4.69, 9.17) is 4.42 Å². The largest absolute Gasteiger partial charge is 0.424 e. The van der Waals surface area contributed by atoms with Gasteiger partial charge in [-0.1, -0.05) is 20.8 Å². The molecule has 0 amide bonds. The summed E-state index contributed by atoms with van der Waals surface area (Å²) >= 11 is 0. The van der Waals surface area contributed by atoms with Crippen LogP contribution in [0.25, 0.3) is 11.4 Å². The fourth-order valence-electron chi connectivity index (χ4n) is 1.33. The van der Waals surface area contributed by atoms with Crippen molar-refractivity contribution in [1.82, 2.24) is 15.0 Å². The minimum absolute atomic E-state index is 0.214. The normalized spacial score (nSPS) is 12.2. The van der Waals surface area contributed by atoms with Gasteiger partial charge in [-0.3, -0.25) is 0 Å². The van der Waals surface area contributed by atoms with Crippen molar-refractivity contribution in [2.75, 3.05) is 0 Å². The Morgan fingerprint density at radius 3 is 2.79 bits per heavy atom. The molecule has 2 rings (SSSR count). The van der Waals surface area contributed by atoms with E-state index in [-0.39, 0.29) is 5.41 Å². The van der Waals surface area contributed by atoms with Crippen LogP contribution < -0.4 is 0 Å². The summed E-state index contributed by atoms with van der Waals surface area (Å²) in [5, 5.41) is 0. The average Bonchev–Trinajstić information content (AvgIpc) is 2.47. The third-order valence-electron chi connectivity index (χ3n) is 1.82. The van der Waals surface area contributed by atoms with Crippen LogP contribution in [-0.2, 0) is 6.42 Å². The molecule has 0 N–H and O–H groups in total. The Hall–Kier alpha value is -1.45. The van der Waals surface area contributed by atoms with E-state index in [1.165, 1.54) is 6.39 Å². The maximum absolute atomic E-state index is 5.02. The SMILES string of the molecule is CC(C)(C)Cc1cnc2ocnc2n1. The molecular weight excluding hydrogens is 178 g/mol. The summed E-state index contributed by atoms with van der Waals surface area (Å²) in [5.41, 5.74) is 2.26. The second-order valence-corrected chi connectivity index (χ2v) is 4.58. The first-order chi connectivity index (χ1) is 6.54. The summed E-state index contributed by atoms with van der Waals surface area (Å²) in [6.45, 7) is 6.50. The van der Waals surface area contributed by atoms with Gasteiger partial charge in [0.25, 0.3) is 5.71 Å². The van der Waals surface area contributed by atoms with E-state index in [0.717, 1.165) is 12.1 Å². The van der Waals surface area contributed by atoms with E-state index in [1.807, 2.05) is 0 Å². The number of aromatic nitrogens is 3. The maximum Gasteiger partial charge on any atom is 0.266 e. The minimum atomic E-state index is 0.214. The van der Waals surface area contributed by atoms with Gasteiger partial charge in [0, 0.05) is 0 Å². The molecule has 0 aliphatic carbocycles. The fourth-order valence-corrected chi connectivity index (χ4v) is 1.33. The first-order valence-electron chi connectivity index (χ1n) is 4.60. The molecule has 14 heavy (non-hydrogen) atoms. The molecule has 74 valence electrons. The van der Waals surface area contributed by atoms with Crippen molar-refractivity contribution in [2.24, 2.45) is 5.41 Å². The van der Waals surface area contributed by atoms with Crippen molar-refractivity contribution in [1.29, 1.82) is 0 Å². The van der Waals surface area contributed by atoms with E-state index < -0.39 is 0 Å². The Labute approximate surface area is 82.4 Å². The molecule has 0 aliphatic rings. The Morgan fingerprint density at radius 1 is 1.29 bits per heavy atom. The number of fused-ring (bicyclic) bond motifs is 1. The molecule has 0 saturated heterocycles. The quantitative estimate of drug-likeness (QED) is 0.693. The van der Waals surface area contributed by atoms with E-state index in [0.29, 0.717) is 11.4 Å². The highest BCUT2D eigenvalue weighted by Crippen LogP contribution is 2.19. The van der Waals surface area contributed by atoms with Crippen molar-refractivity contribution in [3.05, 3.63) is 18.3 Å². The van der Waals surface area contributed by atoms with E-state index >= 15 is 0 Å². The second kappa shape index (κ2) is 3.04. The van der Waals surface area contributed by atoms with Gasteiger partial charge in [-0.05, 0) is 11.8 Å². The van der Waals surface area contributed by atoms with Gasteiger partial charge < -0.3 is 4.42 Å². The van der Waals surface area contributed by atoms with Crippen molar-refractivity contribution < 1.29 is 4.42 Å². The summed E-state index contributed by atoms with van der Waals surface area (Å²) in [4.78, 5) is 12.5. The van der Waals surface area contributed by atoms with Gasteiger partial charge in [0.1, 0.15) is 0 Å². The number of hydrogen-bond donors (Lipinski definition) is 0. The molecule has 0 radical (unpaired) electrons. The molecule has 0 aromatic carbocycles. The highest BCUT2D eigenvalue weighted by Gasteiger charge is 2.13. The van der Waals surface area contributed by atoms with Crippen LogP contribution >= 0.6 is 0 Å². The topological polar surface area (TPSA) is 51.8 Å². The van der Waals surface area contributed by atoms with Crippen LogP contribution in [0.1, 0.15) is 26.5 Å². The van der Waals surface area contributed by atoms with Crippen LogP contribution in [0, 0.1) is 5.41 Å². The van der Waals surface area contributed by atoms with Gasteiger partial charge in [-0.15, -0.1) is 0 Å². The molecule has 2 aromatic rings. The molecule has 0 atom stereocenters. The molecule has 0 unspecified atom stereocenters. The zero-order chi connectivity index (χ0) is 10.2. The van der Waals surface area contributed by atoms with Gasteiger partial charge in [0.05, 0.1) is 11.9 Å². The third kappa shape index (κ3) is 1.89. The summed E-state index contributed by atoms with van der Waals surface area (Å²) in [6.07, 6.45) is 4.01. The zero-order valence-corrected chi connectivity index (χ0v) is 8.61. The summed E-state index contributed by atoms with van der Waals surface area (Å²) in [6, 6.07) is 0. The predicted octanol–water partition coefficient (Wildman–Crippen LogP) is 2.21. The molecule has 0 fully saturated rings. The highest BCUT2D eigenvalue weighted by molar-refractivity contribution is 5.61. The number of hydrogen-bond acceptors (Lipinski definition) is 4. The average molecular weight is 191 g/mol. The van der Waals surface area contributed by atoms with E-state index in [2.05, 4.69) is 35.7 Å². The lowest BCUT2D eigenvalue weighted by Gasteiger charge is -2.16.